The van der Waals surface area contributed by atoms with Crippen molar-refractivity contribution >= 4 is 17.1 Å². The van der Waals surface area contributed by atoms with Gasteiger partial charge in [0.1, 0.15) is 0 Å². The molecule has 0 fully saturated rings. The van der Waals surface area contributed by atoms with Gasteiger partial charge in [0.2, 0.25) is 11.5 Å². The molecule has 2 heterocycles. The number of oxazole rings is 1. The quantitative estimate of drug-likeness (QED) is 0.666. The summed E-state index contributed by atoms with van der Waals surface area (Å²) in [6.45, 7) is 0. The molecule has 0 radical (unpaired) electrons. The summed E-state index contributed by atoms with van der Waals surface area (Å²) in [6.07, 6.45) is 1.21. The maximum absolute atomic E-state index is 13.0. The van der Waals surface area contributed by atoms with Gasteiger partial charge in [0.15, 0.2) is 11.3 Å². The zero-order chi connectivity index (χ0) is 9.42. The number of fused-ring (bicyclic) bond motifs is 1. The molecule has 0 unspecified atom stereocenters. The first kappa shape index (κ1) is 7.78. The van der Waals surface area contributed by atoms with E-state index in [1.165, 1.54) is 13.3 Å². The maximum Gasteiger partial charge on any atom is 0.293 e. The average molecular weight is 183 g/mol. The van der Waals surface area contributed by atoms with Gasteiger partial charge >= 0.3 is 0 Å². The summed E-state index contributed by atoms with van der Waals surface area (Å²) in [5.74, 6) is -0.420. The second-order valence-electron chi connectivity index (χ2n) is 2.35. The van der Waals surface area contributed by atoms with E-state index in [2.05, 4.69) is 9.97 Å². The topological polar surface area (TPSA) is 74.2 Å². The van der Waals surface area contributed by atoms with Gasteiger partial charge in [-0.25, -0.2) is 4.98 Å². The molecule has 68 valence electrons. The summed E-state index contributed by atoms with van der Waals surface area (Å²) in [6, 6.07) is -0.111. The molecule has 13 heavy (non-hydrogen) atoms. The van der Waals surface area contributed by atoms with Crippen molar-refractivity contribution in [3.05, 3.63) is 12.1 Å². The van der Waals surface area contributed by atoms with Crippen molar-refractivity contribution in [3.63, 3.8) is 0 Å². The van der Waals surface area contributed by atoms with Crippen LogP contribution in [0.5, 0.6) is 5.75 Å². The van der Waals surface area contributed by atoms with E-state index in [0.717, 1.165) is 0 Å². The van der Waals surface area contributed by atoms with Crippen molar-refractivity contribution in [1.29, 1.82) is 0 Å². The summed E-state index contributed by atoms with van der Waals surface area (Å²) >= 11 is 0. The van der Waals surface area contributed by atoms with E-state index in [1.807, 2.05) is 0 Å². The monoisotopic (exact) mass is 183 g/mol. The zero-order valence-electron chi connectivity index (χ0n) is 6.74. The smallest absolute Gasteiger partial charge is 0.293 e. The lowest BCUT2D eigenvalue weighted by Gasteiger charge is -1.97. The van der Waals surface area contributed by atoms with E-state index in [0.29, 0.717) is 5.75 Å². The number of anilines is 1. The summed E-state index contributed by atoms with van der Waals surface area (Å²) in [7, 11) is 1.42. The van der Waals surface area contributed by atoms with Crippen LogP contribution in [0.4, 0.5) is 10.4 Å². The van der Waals surface area contributed by atoms with Gasteiger partial charge in [-0.2, -0.15) is 9.37 Å². The third-order valence-electron chi connectivity index (χ3n) is 1.58. The largest absolute Gasteiger partial charge is 0.491 e. The first-order valence-corrected chi connectivity index (χ1v) is 3.47. The van der Waals surface area contributed by atoms with Crippen LogP contribution >= 0.6 is 0 Å². The highest BCUT2D eigenvalue weighted by Gasteiger charge is 2.14. The number of hydrogen-bond donors (Lipinski definition) is 1. The second kappa shape index (κ2) is 2.58. The Morgan fingerprint density at radius 1 is 1.62 bits per heavy atom. The van der Waals surface area contributed by atoms with Gasteiger partial charge in [0.05, 0.1) is 13.3 Å². The van der Waals surface area contributed by atoms with Crippen molar-refractivity contribution in [2.24, 2.45) is 0 Å². The van der Waals surface area contributed by atoms with Crippen LogP contribution in [0.25, 0.3) is 11.1 Å². The lowest BCUT2D eigenvalue weighted by atomic mass is 10.4. The molecule has 0 aromatic carbocycles. The predicted octanol–water partition coefficient (Wildman–Crippen LogP) is 0.953. The highest BCUT2D eigenvalue weighted by molar-refractivity contribution is 5.79. The Balaban J connectivity index is 2.83. The second-order valence-corrected chi connectivity index (χ2v) is 2.35. The summed E-state index contributed by atoms with van der Waals surface area (Å²) < 4.78 is 22.8. The van der Waals surface area contributed by atoms with Gasteiger partial charge in [-0.15, -0.1) is 0 Å². The molecule has 6 heteroatoms. The fourth-order valence-corrected chi connectivity index (χ4v) is 1.02. The predicted molar refractivity (Wildman–Crippen MR) is 42.7 cm³/mol. The number of hydrogen-bond acceptors (Lipinski definition) is 5. The van der Waals surface area contributed by atoms with Crippen LogP contribution in [0, 0.1) is 5.95 Å². The Hall–Kier alpha value is -1.85. The minimum atomic E-state index is -0.726. The van der Waals surface area contributed by atoms with Crippen molar-refractivity contribution in [3.8, 4) is 5.75 Å². The van der Waals surface area contributed by atoms with Crippen molar-refractivity contribution in [2.75, 3.05) is 12.8 Å². The van der Waals surface area contributed by atoms with E-state index >= 15 is 0 Å². The Labute approximate surface area is 72.3 Å². The highest BCUT2D eigenvalue weighted by atomic mass is 19.1. The molecular formula is C7H6FN3O2. The van der Waals surface area contributed by atoms with E-state index in [-0.39, 0.29) is 17.1 Å². The minimum Gasteiger partial charge on any atom is -0.491 e. The van der Waals surface area contributed by atoms with Gasteiger partial charge in [-0.1, -0.05) is 0 Å². The van der Waals surface area contributed by atoms with E-state index in [9.17, 15) is 4.39 Å². The molecule has 5 nitrogen and oxygen atoms in total. The Kier molecular flexibility index (Phi) is 1.54. The number of pyridine rings is 1. The first-order chi connectivity index (χ1) is 6.22. The van der Waals surface area contributed by atoms with Crippen LogP contribution in [-0.2, 0) is 0 Å². The van der Waals surface area contributed by atoms with Gasteiger partial charge in [-0.05, 0) is 0 Å². The number of ether oxygens (including phenoxy) is 1. The van der Waals surface area contributed by atoms with Crippen molar-refractivity contribution in [1.82, 2.24) is 9.97 Å². The fourth-order valence-electron chi connectivity index (χ4n) is 1.02. The molecule has 0 bridgehead atoms. The van der Waals surface area contributed by atoms with E-state index in [1.54, 1.807) is 0 Å². The van der Waals surface area contributed by atoms with Gasteiger partial charge in [-0.3, -0.25) is 0 Å². The number of rotatable bonds is 1. The zero-order valence-corrected chi connectivity index (χ0v) is 6.74. The highest BCUT2D eigenvalue weighted by Crippen LogP contribution is 2.27. The van der Waals surface area contributed by atoms with E-state index in [4.69, 9.17) is 14.9 Å². The molecule has 0 aliphatic heterocycles. The minimum absolute atomic E-state index is 0.0168. The number of nitrogen functional groups attached to an aromatic ring is 1. The third kappa shape index (κ3) is 1.07. The molecule has 2 N–H and O–H groups in total. The van der Waals surface area contributed by atoms with Crippen LogP contribution in [0.15, 0.2) is 10.6 Å². The molecule has 0 aliphatic carbocycles. The van der Waals surface area contributed by atoms with Crippen LogP contribution < -0.4 is 10.5 Å². The van der Waals surface area contributed by atoms with Crippen LogP contribution in [0.3, 0.4) is 0 Å². The first-order valence-electron chi connectivity index (χ1n) is 3.47. The Morgan fingerprint density at radius 2 is 2.38 bits per heavy atom. The number of nitrogens with two attached hydrogens (primary N) is 1. The van der Waals surface area contributed by atoms with Gasteiger partial charge < -0.3 is 14.9 Å². The maximum atomic E-state index is 13.0. The number of methoxy groups -OCH3 is 1. The molecule has 0 saturated carbocycles. The molecule has 0 spiro atoms. The van der Waals surface area contributed by atoms with Crippen molar-refractivity contribution < 1.29 is 13.5 Å². The number of halogens is 1. The van der Waals surface area contributed by atoms with Gasteiger partial charge in [0, 0.05) is 0 Å². The molecule has 2 aromatic heterocycles. The van der Waals surface area contributed by atoms with Gasteiger partial charge in [0.25, 0.3) is 6.01 Å². The molecule has 0 amide bonds. The van der Waals surface area contributed by atoms with Crippen LogP contribution in [0.1, 0.15) is 0 Å². The van der Waals surface area contributed by atoms with E-state index < -0.39 is 5.95 Å². The molecule has 2 aromatic rings. The van der Waals surface area contributed by atoms with Crippen molar-refractivity contribution in [2.45, 2.75) is 0 Å². The molecular weight excluding hydrogens is 177 g/mol. The third-order valence-corrected chi connectivity index (χ3v) is 1.58. The number of aromatic nitrogens is 2. The molecule has 0 atom stereocenters. The SMILES string of the molecule is COc1cnc(F)c2nc(N)oc12. The molecule has 0 aliphatic rings. The Bertz CT molecular complexity index is 454. The molecule has 2 rings (SSSR count). The number of nitrogens with zero attached hydrogens (tertiary/aromatic N) is 2. The summed E-state index contributed by atoms with van der Waals surface area (Å²) in [4.78, 5) is 7.04. The molecule has 0 saturated heterocycles. The fraction of sp³-hybridized carbons (Fsp3) is 0.143. The lowest BCUT2D eigenvalue weighted by molar-refractivity contribution is 0.407. The van der Waals surface area contributed by atoms with Crippen LogP contribution in [-0.4, -0.2) is 17.1 Å². The van der Waals surface area contributed by atoms with Crippen LogP contribution in [0.2, 0.25) is 0 Å². The Morgan fingerprint density at radius 3 is 3.08 bits per heavy atom. The summed E-state index contributed by atoms with van der Waals surface area (Å²) in [5.41, 5.74) is 5.41. The lowest BCUT2D eigenvalue weighted by Crippen LogP contribution is -1.89. The normalized spacial score (nSPS) is 10.6. The average Bonchev–Trinajstić information content (AvgIpc) is 2.48. The standard InChI is InChI=1S/C7H6FN3O2/c1-12-3-2-10-6(8)4-5(3)13-7(9)11-4/h2H,1H3,(H2,9,11). The summed E-state index contributed by atoms with van der Waals surface area (Å²) in [5, 5.41) is 0.